The van der Waals surface area contributed by atoms with E-state index in [2.05, 4.69) is 10.6 Å². The summed E-state index contributed by atoms with van der Waals surface area (Å²) in [6.07, 6.45) is 1.73. The minimum Gasteiger partial charge on any atom is -0.338 e. The first-order valence-corrected chi connectivity index (χ1v) is 9.22. The second kappa shape index (κ2) is 8.36. The molecule has 2 amide bonds. The number of urea groups is 1. The summed E-state index contributed by atoms with van der Waals surface area (Å²) in [6.45, 7) is 4.84. The fourth-order valence-electron chi connectivity index (χ4n) is 1.95. The number of carbonyl (C=O) groups is 1. The van der Waals surface area contributed by atoms with Crippen LogP contribution in [0.15, 0.2) is 18.2 Å². The summed E-state index contributed by atoms with van der Waals surface area (Å²) < 4.78 is 24.2. The van der Waals surface area contributed by atoms with Crippen molar-refractivity contribution in [2.24, 2.45) is 0 Å². The van der Waals surface area contributed by atoms with E-state index in [1.165, 1.54) is 10.6 Å². The van der Waals surface area contributed by atoms with Crippen LogP contribution in [0.4, 0.5) is 10.5 Å². The zero-order valence-electron chi connectivity index (χ0n) is 13.0. The zero-order chi connectivity index (χ0) is 16.8. The number of aryl methyl sites for hydroxylation is 1. The van der Waals surface area contributed by atoms with Gasteiger partial charge in [-0.25, -0.2) is 17.5 Å². The number of anilines is 1. The fraction of sp³-hybridized carbons (Fsp3) is 0.500. The van der Waals surface area contributed by atoms with Crippen molar-refractivity contribution in [1.82, 2.24) is 9.62 Å². The topological polar surface area (TPSA) is 78.5 Å². The van der Waals surface area contributed by atoms with Gasteiger partial charge in [0.2, 0.25) is 10.0 Å². The number of sulfonamides is 1. The Hall–Kier alpha value is -1.31. The first-order valence-electron chi connectivity index (χ1n) is 7.00. The number of nitrogens with zero attached hydrogens (tertiary/aromatic N) is 1. The largest absolute Gasteiger partial charge is 0.338 e. The Morgan fingerprint density at radius 3 is 2.59 bits per heavy atom. The Kier molecular flexibility index (Phi) is 7.12. The smallest absolute Gasteiger partial charge is 0.319 e. The maximum atomic E-state index is 11.8. The summed E-state index contributed by atoms with van der Waals surface area (Å²) >= 11 is 5.85. The van der Waals surface area contributed by atoms with Gasteiger partial charge in [-0.05, 0) is 37.1 Å². The van der Waals surface area contributed by atoms with Crippen LogP contribution < -0.4 is 10.6 Å². The van der Waals surface area contributed by atoms with E-state index in [1.807, 2.05) is 6.92 Å². The average molecular weight is 348 g/mol. The third-order valence-electron chi connectivity index (χ3n) is 3.13. The van der Waals surface area contributed by atoms with Crippen LogP contribution in [0.5, 0.6) is 0 Å². The van der Waals surface area contributed by atoms with Gasteiger partial charge in [-0.15, -0.1) is 0 Å². The van der Waals surface area contributed by atoms with Crippen molar-refractivity contribution in [2.75, 3.05) is 31.2 Å². The number of rotatable bonds is 7. The van der Waals surface area contributed by atoms with Crippen molar-refractivity contribution in [2.45, 2.75) is 20.3 Å². The molecule has 124 valence electrons. The first-order chi connectivity index (χ1) is 10.2. The standard InChI is InChI=1S/C14H22ClN3O3S/c1-4-18(22(3,20)21)9-5-8-16-14(19)17-13-7-6-12(15)10-11(13)2/h6-7,10H,4-5,8-9H2,1-3H3,(H2,16,17,19). The molecule has 0 fully saturated rings. The number of hydrogen-bond acceptors (Lipinski definition) is 3. The van der Waals surface area contributed by atoms with Crippen LogP contribution in [-0.2, 0) is 10.0 Å². The molecule has 22 heavy (non-hydrogen) atoms. The summed E-state index contributed by atoms with van der Waals surface area (Å²) in [4.78, 5) is 11.8. The number of benzene rings is 1. The van der Waals surface area contributed by atoms with E-state index in [0.29, 0.717) is 36.8 Å². The van der Waals surface area contributed by atoms with E-state index in [9.17, 15) is 13.2 Å². The molecule has 0 atom stereocenters. The molecular weight excluding hydrogens is 326 g/mol. The van der Waals surface area contributed by atoms with Gasteiger partial charge in [0, 0.05) is 30.3 Å². The Morgan fingerprint density at radius 1 is 1.36 bits per heavy atom. The van der Waals surface area contributed by atoms with Crippen LogP contribution in [0.1, 0.15) is 18.9 Å². The highest BCUT2D eigenvalue weighted by Crippen LogP contribution is 2.19. The Balaban J connectivity index is 2.38. The molecule has 0 saturated heterocycles. The highest BCUT2D eigenvalue weighted by atomic mass is 35.5. The lowest BCUT2D eigenvalue weighted by atomic mass is 10.2. The van der Waals surface area contributed by atoms with E-state index in [4.69, 9.17) is 11.6 Å². The van der Waals surface area contributed by atoms with E-state index in [-0.39, 0.29) is 6.03 Å². The van der Waals surface area contributed by atoms with E-state index in [1.54, 1.807) is 25.1 Å². The lowest BCUT2D eigenvalue weighted by molar-refractivity contribution is 0.251. The second-order valence-electron chi connectivity index (χ2n) is 4.95. The molecule has 0 aliphatic carbocycles. The van der Waals surface area contributed by atoms with Crippen molar-refractivity contribution in [3.05, 3.63) is 28.8 Å². The number of amides is 2. The second-order valence-corrected chi connectivity index (χ2v) is 7.37. The maximum absolute atomic E-state index is 11.8. The predicted octanol–water partition coefficient (Wildman–Crippen LogP) is 2.44. The van der Waals surface area contributed by atoms with Gasteiger partial charge < -0.3 is 10.6 Å². The van der Waals surface area contributed by atoms with Gasteiger partial charge in [0.1, 0.15) is 0 Å². The van der Waals surface area contributed by atoms with E-state index in [0.717, 1.165) is 5.56 Å². The van der Waals surface area contributed by atoms with Crippen molar-refractivity contribution in [3.63, 3.8) is 0 Å². The molecule has 0 heterocycles. The van der Waals surface area contributed by atoms with Crippen LogP contribution in [0.3, 0.4) is 0 Å². The van der Waals surface area contributed by atoms with Crippen molar-refractivity contribution >= 4 is 33.3 Å². The summed E-state index contributed by atoms with van der Waals surface area (Å²) in [5.41, 5.74) is 1.56. The monoisotopic (exact) mass is 347 g/mol. The number of nitrogens with one attached hydrogen (secondary N) is 2. The van der Waals surface area contributed by atoms with Crippen LogP contribution in [0.2, 0.25) is 5.02 Å². The minimum atomic E-state index is -3.18. The Labute approximate surface area is 136 Å². The highest BCUT2D eigenvalue weighted by Gasteiger charge is 2.13. The summed E-state index contributed by atoms with van der Waals surface area (Å²) in [6, 6.07) is 4.88. The molecule has 0 unspecified atom stereocenters. The molecule has 8 heteroatoms. The van der Waals surface area contributed by atoms with Crippen molar-refractivity contribution in [1.29, 1.82) is 0 Å². The molecule has 6 nitrogen and oxygen atoms in total. The Bertz CT molecular complexity index is 620. The van der Waals surface area contributed by atoms with E-state index >= 15 is 0 Å². The Morgan fingerprint density at radius 2 is 2.05 bits per heavy atom. The van der Waals surface area contributed by atoms with Crippen molar-refractivity contribution < 1.29 is 13.2 Å². The number of hydrogen-bond donors (Lipinski definition) is 2. The van der Waals surface area contributed by atoms with Gasteiger partial charge in [0.25, 0.3) is 0 Å². The van der Waals surface area contributed by atoms with Gasteiger partial charge in [0.05, 0.1) is 6.26 Å². The van der Waals surface area contributed by atoms with Crippen LogP contribution in [-0.4, -0.2) is 44.6 Å². The molecule has 0 aliphatic rings. The summed E-state index contributed by atoms with van der Waals surface area (Å²) in [7, 11) is -3.18. The fourth-order valence-corrected chi connectivity index (χ4v) is 3.11. The normalized spacial score (nSPS) is 11.5. The first kappa shape index (κ1) is 18.7. The molecule has 0 bridgehead atoms. The van der Waals surface area contributed by atoms with Crippen LogP contribution in [0.25, 0.3) is 0 Å². The molecule has 1 rings (SSSR count). The molecule has 0 aromatic heterocycles. The highest BCUT2D eigenvalue weighted by molar-refractivity contribution is 7.88. The maximum Gasteiger partial charge on any atom is 0.319 e. The predicted molar refractivity (Wildman–Crippen MR) is 89.9 cm³/mol. The van der Waals surface area contributed by atoms with Gasteiger partial charge in [0.15, 0.2) is 0 Å². The minimum absolute atomic E-state index is 0.326. The molecular formula is C14H22ClN3O3S. The molecule has 0 saturated carbocycles. The van der Waals surface area contributed by atoms with Crippen LogP contribution >= 0.6 is 11.6 Å². The van der Waals surface area contributed by atoms with Crippen LogP contribution in [0, 0.1) is 6.92 Å². The SMILES string of the molecule is CCN(CCCNC(=O)Nc1ccc(Cl)cc1C)S(C)(=O)=O. The summed E-state index contributed by atoms with van der Waals surface area (Å²) in [5.74, 6) is 0. The average Bonchev–Trinajstić information content (AvgIpc) is 2.40. The van der Waals surface area contributed by atoms with Gasteiger partial charge in [-0.2, -0.15) is 0 Å². The molecule has 1 aromatic carbocycles. The third-order valence-corrected chi connectivity index (χ3v) is 4.74. The van der Waals surface area contributed by atoms with Gasteiger partial charge >= 0.3 is 6.03 Å². The number of carbonyl (C=O) groups excluding carboxylic acids is 1. The molecule has 0 aliphatic heterocycles. The van der Waals surface area contributed by atoms with E-state index < -0.39 is 10.0 Å². The number of halogens is 1. The lowest BCUT2D eigenvalue weighted by Gasteiger charge is -2.17. The molecule has 2 N–H and O–H groups in total. The zero-order valence-corrected chi connectivity index (χ0v) is 14.6. The molecule has 1 aromatic rings. The van der Waals surface area contributed by atoms with Gasteiger partial charge in [-0.3, -0.25) is 0 Å². The molecule has 0 spiro atoms. The summed E-state index contributed by atoms with van der Waals surface area (Å²) in [5, 5.41) is 6.04. The lowest BCUT2D eigenvalue weighted by Crippen LogP contribution is -2.34. The van der Waals surface area contributed by atoms with Crippen molar-refractivity contribution in [3.8, 4) is 0 Å². The third kappa shape index (κ3) is 6.21. The van der Waals surface area contributed by atoms with Gasteiger partial charge in [-0.1, -0.05) is 18.5 Å². The quantitative estimate of drug-likeness (QED) is 0.743. The molecule has 0 radical (unpaired) electrons.